The monoisotopic (exact) mass is 245 g/mol. The summed E-state index contributed by atoms with van der Waals surface area (Å²) in [5.74, 6) is 1.20. The van der Waals surface area contributed by atoms with Gasteiger partial charge < -0.3 is 9.88 Å². The van der Waals surface area contributed by atoms with Crippen molar-refractivity contribution in [1.29, 1.82) is 0 Å². The summed E-state index contributed by atoms with van der Waals surface area (Å²) in [6.45, 7) is 5.47. The summed E-state index contributed by atoms with van der Waals surface area (Å²) in [5.41, 5.74) is 2.34. The quantitative estimate of drug-likeness (QED) is 0.793. The molecular formula is C15H23N3. The van der Waals surface area contributed by atoms with Crippen LogP contribution in [-0.4, -0.2) is 22.1 Å². The Kier molecular flexibility index (Phi) is 4.37. The smallest absolute Gasteiger partial charge is 0.109 e. The van der Waals surface area contributed by atoms with Crippen LogP contribution in [0, 0.1) is 0 Å². The topological polar surface area (TPSA) is 29.9 Å². The third-order valence-corrected chi connectivity index (χ3v) is 3.26. The zero-order valence-corrected chi connectivity index (χ0v) is 11.6. The molecular weight excluding hydrogens is 222 g/mol. The average Bonchev–Trinajstić information content (AvgIpc) is 2.66. The highest BCUT2D eigenvalue weighted by Gasteiger charge is 2.06. The summed E-state index contributed by atoms with van der Waals surface area (Å²) in [4.78, 5) is 4.69. The molecule has 0 aliphatic heterocycles. The van der Waals surface area contributed by atoms with Crippen LogP contribution in [0.4, 0.5) is 0 Å². The number of para-hydroxylation sites is 2. The lowest BCUT2D eigenvalue weighted by molar-refractivity contribution is 0.552. The van der Waals surface area contributed by atoms with E-state index in [0.29, 0.717) is 6.04 Å². The van der Waals surface area contributed by atoms with Gasteiger partial charge in [0.25, 0.3) is 0 Å². The highest BCUT2D eigenvalue weighted by molar-refractivity contribution is 5.75. The van der Waals surface area contributed by atoms with Crippen molar-refractivity contribution in [3.8, 4) is 0 Å². The summed E-state index contributed by atoms with van der Waals surface area (Å²) in [6.07, 6.45) is 3.46. The van der Waals surface area contributed by atoms with Crippen molar-refractivity contribution >= 4 is 11.0 Å². The maximum Gasteiger partial charge on any atom is 0.109 e. The predicted molar refractivity (Wildman–Crippen MR) is 76.8 cm³/mol. The molecule has 0 radical (unpaired) electrons. The summed E-state index contributed by atoms with van der Waals surface area (Å²) in [6, 6.07) is 8.91. The lowest BCUT2D eigenvalue weighted by Crippen LogP contribution is -2.23. The van der Waals surface area contributed by atoms with Crippen LogP contribution in [0.25, 0.3) is 11.0 Å². The first-order valence-corrected chi connectivity index (χ1v) is 6.82. The molecule has 0 bridgehead atoms. The lowest BCUT2D eigenvalue weighted by atomic mass is 10.2. The second-order valence-corrected chi connectivity index (χ2v) is 5.14. The summed E-state index contributed by atoms with van der Waals surface area (Å²) < 4.78 is 2.21. The van der Waals surface area contributed by atoms with Crippen LogP contribution in [0.3, 0.4) is 0 Å². The fraction of sp³-hybridized carbons (Fsp3) is 0.533. The molecule has 0 fully saturated rings. The fourth-order valence-corrected chi connectivity index (χ4v) is 2.22. The molecule has 1 aromatic heterocycles. The first kappa shape index (κ1) is 13.1. The average molecular weight is 245 g/mol. The van der Waals surface area contributed by atoms with E-state index in [2.05, 4.69) is 54.0 Å². The van der Waals surface area contributed by atoms with Gasteiger partial charge in [-0.3, -0.25) is 0 Å². The molecule has 1 heterocycles. The Morgan fingerprint density at radius 3 is 2.72 bits per heavy atom. The van der Waals surface area contributed by atoms with Crippen molar-refractivity contribution in [3.05, 3.63) is 30.1 Å². The van der Waals surface area contributed by atoms with Crippen LogP contribution in [0.5, 0.6) is 0 Å². The molecule has 0 aliphatic rings. The van der Waals surface area contributed by atoms with Crippen LogP contribution in [0.1, 0.15) is 32.5 Å². The number of hydrogen-bond donors (Lipinski definition) is 1. The SMILES string of the molecule is CC(C)NCCCCc1nc2ccccc2n1C. The maximum atomic E-state index is 4.69. The highest BCUT2D eigenvalue weighted by atomic mass is 15.1. The number of unbranched alkanes of at least 4 members (excludes halogenated alkanes) is 1. The van der Waals surface area contributed by atoms with E-state index in [0.717, 1.165) is 18.5 Å². The summed E-state index contributed by atoms with van der Waals surface area (Å²) in [7, 11) is 2.11. The van der Waals surface area contributed by atoms with Gasteiger partial charge in [-0.1, -0.05) is 26.0 Å². The van der Waals surface area contributed by atoms with E-state index in [-0.39, 0.29) is 0 Å². The molecule has 1 N–H and O–H groups in total. The first-order valence-electron chi connectivity index (χ1n) is 6.82. The molecule has 3 heteroatoms. The van der Waals surface area contributed by atoms with E-state index in [4.69, 9.17) is 0 Å². The highest BCUT2D eigenvalue weighted by Crippen LogP contribution is 2.15. The molecule has 3 nitrogen and oxygen atoms in total. The minimum Gasteiger partial charge on any atom is -0.331 e. The number of aromatic nitrogens is 2. The lowest BCUT2D eigenvalue weighted by Gasteiger charge is -2.07. The number of imidazole rings is 1. The van der Waals surface area contributed by atoms with E-state index in [1.165, 1.54) is 24.2 Å². The standard InChI is InChI=1S/C15H23N3/c1-12(2)16-11-7-6-10-15-17-13-8-4-5-9-14(13)18(15)3/h4-5,8-9,12,16H,6-7,10-11H2,1-3H3. The van der Waals surface area contributed by atoms with Gasteiger partial charge in [0.15, 0.2) is 0 Å². The third kappa shape index (κ3) is 3.10. The van der Waals surface area contributed by atoms with Gasteiger partial charge in [0.2, 0.25) is 0 Å². The van der Waals surface area contributed by atoms with E-state index >= 15 is 0 Å². The number of benzene rings is 1. The molecule has 18 heavy (non-hydrogen) atoms. The molecule has 2 rings (SSSR count). The van der Waals surface area contributed by atoms with Crippen LogP contribution in [-0.2, 0) is 13.5 Å². The molecule has 0 saturated heterocycles. The Hall–Kier alpha value is -1.35. The molecule has 0 aliphatic carbocycles. The molecule has 0 spiro atoms. The molecule has 0 amide bonds. The van der Waals surface area contributed by atoms with Crippen LogP contribution < -0.4 is 5.32 Å². The second-order valence-electron chi connectivity index (χ2n) is 5.14. The van der Waals surface area contributed by atoms with Crippen molar-refractivity contribution in [2.75, 3.05) is 6.54 Å². The molecule has 2 aromatic rings. The first-order chi connectivity index (χ1) is 8.68. The van der Waals surface area contributed by atoms with Gasteiger partial charge in [-0.05, 0) is 31.5 Å². The van der Waals surface area contributed by atoms with Gasteiger partial charge in [0.1, 0.15) is 5.82 Å². The normalized spacial score (nSPS) is 11.6. The fourth-order valence-electron chi connectivity index (χ4n) is 2.22. The van der Waals surface area contributed by atoms with Crippen molar-refractivity contribution in [1.82, 2.24) is 14.9 Å². The Labute approximate surface area is 109 Å². The largest absolute Gasteiger partial charge is 0.331 e. The number of fused-ring (bicyclic) bond motifs is 1. The molecule has 98 valence electrons. The molecule has 0 atom stereocenters. The third-order valence-electron chi connectivity index (χ3n) is 3.26. The van der Waals surface area contributed by atoms with Gasteiger partial charge in [0, 0.05) is 19.5 Å². The van der Waals surface area contributed by atoms with Gasteiger partial charge in [-0.25, -0.2) is 4.98 Å². The van der Waals surface area contributed by atoms with Gasteiger partial charge >= 0.3 is 0 Å². The van der Waals surface area contributed by atoms with Crippen molar-refractivity contribution < 1.29 is 0 Å². The number of nitrogens with one attached hydrogen (secondary N) is 1. The minimum atomic E-state index is 0.584. The Morgan fingerprint density at radius 1 is 1.22 bits per heavy atom. The Balaban J connectivity index is 1.90. The van der Waals surface area contributed by atoms with Crippen molar-refractivity contribution in [2.24, 2.45) is 7.05 Å². The Bertz CT molecular complexity index is 499. The second kappa shape index (κ2) is 6.01. The van der Waals surface area contributed by atoms with E-state index < -0.39 is 0 Å². The van der Waals surface area contributed by atoms with Crippen LogP contribution in [0.2, 0.25) is 0 Å². The summed E-state index contributed by atoms with van der Waals surface area (Å²) >= 11 is 0. The van der Waals surface area contributed by atoms with Crippen LogP contribution in [0.15, 0.2) is 24.3 Å². The molecule has 0 saturated carbocycles. The zero-order valence-electron chi connectivity index (χ0n) is 11.6. The molecule has 0 unspecified atom stereocenters. The van der Waals surface area contributed by atoms with Crippen molar-refractivity contribution in [3.63, 3.8) is 0 Å². The number of nitrogens with zero attached hydrogens (tertiary/aromatic N) is 2. The van der Waals surface area contributed by atoms with Crippen molar-refractivity contribution in [2.45, 2.75) is 39.2 Å². The van der Waals surface area contributed by atoms with Crippen LogP contribution >= 0.6 is 0 Å². The number of aryl methyl sites for hydroxylation is 2. The van der Waals surface area contributed by atoms with Gasteiger partial charge in [0.05, 0.1) is 11.0 Å². The van der Waals surface area contributed by atoms with E-state index in [9.17, 15) is 0 Å². The maximum absolute atomic E-state index is 4.69. The van der Waals surface area contributed by atoms with Gasteiger partial charge in [-0.15, -0.1) is 0 Å². The molecule has 1 aromatic carbocycles. The zero-order chi connectivity index (χ0) is 13.0. The van der Waals surface area contributed by atoms with E-state index in [1.807, 2.05) is 6.07 Å². The number of rotatable bonds is 6. The van der Waals surface area contributed by atoms with Gasteiger partial charge in [-0.2, -0.15) is 0 Å². The summed E-state index contributed by atoms with van der Waals surface area (Å²) in [5, 5.41) is 3.45. The van der Waals surface area contributed by atoms with E-state index in [1.54, 1.807) is 0 Å². The number of hydrogen-bond acceptors (Lipinski definition) is 2. The minimum absolute atomic E-state index is 0.584. The predicted octanol–water partition coefficient (Wildman–Crippen LogP) is 2.89. The Morgan fingerprint density at radius 2 is 2.00 bits per heavy atom.